The van der Waals surface area contributed by atoms with Gasteiger partial charge in [0.15, 0.2) is 0 Å². The molecule has 17 heteroatoms. The van der Waals surface area contributed by atoms with Crippen molar-refractivity contribution in [1.82, 2.24) is 19.9 Å². The Morgan fingerprint density at radius 3 is 1.44 bits per heavy atom. The lowest BCUT2D eigenvalue weighted by Crippen LogP contribution is -2.04. The Morgan fingerprint density at radius 1 is 0.607 bits per heavy atom. The minimum atomic E-state index is -4.42. The van der Waals surface area contributed by atoms with Gasteiger partial charge in [-0.1, -0.05) is 60.7 Å². The van der Waals surface area contributed by atoms with Gasteiger partial charge in [-0.15, -0.1) is 0 Å². The molecule has 0 spiro atoms. The second-order valence-electron chi connectivity index (χ2n) is 13.0. The predicted molar refractivity (Wildman–Crippen MR) is 219 cm³/mol. The summed E-state index contributed by atoms with van der Waals surface area (Å²) in [6.45, 7) is 1.45. The third-order valence-corrected chi connectivity index (χ3v) is 9.61. The van der Waals surface area contributed by atoms with Crippen LogP contribution in [-0.2, 0) is 16.9 Å². The number of nitrogens with zero attached hydrogens (tertiary/aromatic N) is 4. The van der Waals surface area contributed by atoms with E-state index in [-0.39, 0.29) is 11.3 Å². The zero-order valence-electron chi connectivity index (χ0n) is 31.7. The number of carboxylic acid groups (broad SMARTS) is 1. The SMILES string of the molecule is CP(=O)(Oc1ccccc1)Oc1ccccc1.Nc1cc(-c2ccc(C(F)(F)F)cc2)nc2ccncc12.O=C(O)c1cc(-c2ccc(C(F)(F)F)cc2)nc2ccncc12. The third kappa shape index (κ3) is 11.5. The van der Waals surface area contributed by atoms with Crippen molar-refractivity contribution in [2.75, 3.05) is 12.4 Å². The lowest BCUT2D eigenvalue weighted by atomic mass is 10.0. The number of pyridine rings is 4. The molecule has 10 nitrogen and oxygen atoms in total. The lowest BCUT2D eigenvalue weighted by molar-refractivity contribution is -0.138. The number of halogens is 6. The Bertz CT molecular complexity index is 2770. The van der Waals surface area contributed by atoms with Gasteiger partial charge in [-0.2, -0.15) is 26.3 Å². The fourth-order valence-electron chi connectivity index (χ4n) is 5.66. The number of fused-ring (bicyclic) bond motifs is 2. The van der Waals surface area contributed by atoms with Crippen LogP contribution in [0.2, 0.25) is 0 Å². The molecule has 0 aliphatic rings. The van der Waals surface area contributed by atoms with E-state index in [4.69, 9.17) is 14.8 Å². The molecule has 0 radical (unpaired) electrons. The second-order valence-corrected chi connectivity index (χ2v) is 14.9. The highest BCUT2D eigenvalue weighted by molar-refractivity contribution is 7.53. The van der Waals surface area contributed by atoms with Crippen molar-refractivity contribution < 1.29 is 49.9 Å². The number of benzene rings is 4. The quantitative estimate of drug-likeness (QED) is 0.117. The molecule has 0 unspecified atom stereocenters. The van der Waals surface area contributed by atoms with Crippen LogP contribution in [0.3, 0.4) is 0 Å². The van der Waals surface area contributed by atoms with Crippen LogP contribution in [0.15, 0.2) is 158 Å². The fraction of sp³-hybridized carbons (Fsp3) is 0.0682. The van der Waals surface area contributed by atoms with Crippen molar-refractivity contribution in [2.45, 2.75) is 12.4 Å². The van der Waals surface area contributed by atoms with Crippen LogP contribution in [0.5, 0.6) is 11.5 Å². The van der Waals surface area contributed by atoms with Crippen LogP contribution in [0, 0.1) is 0 Å². The largest absolute Gasteiger partial charge is 0.478 e. The molecule has 310 valence electrons. The number of carbonyl (C=O) groups is 1. The van der Waals surface area contributed by atoms with Crippen LogP contribution < -0.4 is 14.8 Å². The maximum absolute atomic E-state index is 12.6. The predicted octanol–water partition coefficient (Wildman–Crippen LogP) is 11.9. The highest BCUT2D eigenvalue weighted by atomic mass is 31.2. The summed E-state index contributed by atoms with van der Waals surface area (Å²) in [7, 11) is -3.14. The van der Waals surface area contributed by atoms with E-state index >= 15 is 0 Å². The molecule has 0 saturated carbocycles. The van der Waals surface area contributed by atoms with Crippen LogP contribution in [0.1, 0.15) is 21.5 Å². The van der Waals surface area contributed by atoms with E-state index in [1.54, 1.807) is 54.9 Å². The maximum Gasteiger partial charge on any atom is 0.427 e. The van der Waals surface area contributed by atoms with Gasteiger partial charge in [0.2, 0.25) is 0 Å². The molecule has 0 bridgehead atoms. The first-order chi connectivity index (χ1) is 29.0. The molecule has 0 aliphatic heterocycles. The summed E-state index contributed by atoms with van der Waals surface area (Å²) < 4.78 is 98.2. The van der Waals surface area contributed by atoms with E-state index in [0.29, 0.717) is 55.8 Å². The van der Waals surface area contributed by atoms with Gasteiger partial charge < -0.3 is 19.9 Å². The second kappa shape index (κ2) is 18.3. The zero-order chi connectivity index (χ0) is 43.8. The number of hydrogen-bond donors (Lipinski definition) is 2. The summed E-state index contributed by atoms with van der Waals surface area (Å²) in [6, 6.07) is 33.4. The van der Waals surface area contributed by atoms with Crippen molar-refractivity contribution in [3.05, 3.63) is 175 Å². The van der Waals surface area contributed by atoms with E-state index < -0.39 is 37.0 Å². The first kappa shape index (κ1) is 43.3. The number of aromatic nitrogens is 4. The normalized spacial score (nSPS) is 11.5. The summed E-state index contributed by atoms with van der Waals surface area (Å²) in [5, 5.41) is 10.4. The average Bonchev–Trinajstić information content (AvgIpc) is 3.23. The molecule has 8 rings (SSSR count). The van der Waals surface area contributed by atoms with Gasteiger partial charge in [0.05, 0.1) is 45.8 Å². The minimum absolute atomic E-state index is 0.00185. The van der Waals surface area contributed by atoms with Gasteiger partial charge >= 0.3 is 25.9 Å². The lowest BCUT2D eigenvalue weighted by Gasteiger charge is -2.15. The van der Waals surface area contributed by atoms with Crippen molar-refractivity contribution in [1.29, 1.82) is 0 Å². The van der Waals surface area contributed by atoms with Gasteiger partial charge in [0, 0.05) is 52.4 Å². The van der Waals surface area contributed by atoms with Crippen molar-refractivity contribution >= 4 is 41.1 Å². The number of aromatic carboxylic acids is 1. The Balaban J connectivity index is 0.000000155. The van der Waals surface area contributed by atoms with E-state index in [2.05, 4.69) is 19.9 Å². The van der Waals surface area contributed by atoms with Crippen LogP contribution in [-0.4, -0.2) is 37.7 Å². The minimum Gasteiger partial charge on any atom is -0.478 e. The van der Waals surface area contributed by atoms with Gasteiger partial charge in [-0.05, 0) is 72.8 Å². The number of nitrogen functional groups attached to an aromatic ring is 1. The summed E-state index contributed by atoms with van der Waals surface area (Å²) in [6.07, 6.45) is -2.72. The number of nitrogens with two attached hydrogens (primary N) is 1. The van der Waals surface area contributed by atoms with E-state index in [0.717, 1.165) is 24.3 Å². The number of para-hydroxylation sites is 2. The molecule has 0 saturated heterocycles. The highest BCUT2D eigenvalue weighted by Gasteiger charge is 2.31. The summed E-state index contributed by atoms with van der Waals surface area (Å²) >= 11 is 0. The van der Waals surface area contributed by atoms with E-state index in [1.165, 1.54) is 49.4 Å². The third-order valence-electron chi connectivity index (χ3n) is 8.53. The molecule has 3 N–H and O–H groups in total. The molecule has 0 atom stereocenters. The fourth-order valence-corrected chi connectivity index (χ4v) is 6.71. The summed E-state index contributed by atoms with van der Waals surface area (Å²) in [5.74, 6) is -0.0814. The molecular weight excluding hydrogens is 823 g/mol. The van der Waals surface area contributed by atoms with Crippen molar-refractivity contribution in [3.8, 4) is 34.0 Å². The molecule has 0 fully saturated rings. The van der Waals surface area contributed by atoms with Crippen LogP contribution in [0.4, 0.5) is 32.0 Å². The highest BCUT2D eigenvalue weighted by Crippen LogP contribution is 2.44. The molecule has 0 amide bonds. The van der Waals surface area contributed by atoms with Crippen LogP contribution >= 0.6 is 7.60 Å². The summed E-state index contributed by atoms with van der Waals surface area (Å²) in [5.41, 5.74) is 7.81. The topological polar surface area (TPSA) is 150 Å². The van der Waals surface area contributed by atoms with Gasteiger partial charge in [-0.3, -0.25) is 9.97 Å². The summed E-state index contributed by atoms with van der Waals surface area (Å²) in [4.78, 5) is 27.9. The Morgan fingerprint density at radius 2 is 1.02 bits per heavy atom. The van der Waals surface area contributed by atoms with Crippen molar-refractivity contribution in [2.24, 2.45) is 0 Å². The molecule has 0 aliphatic carbocycles. The maximum atomic E-state index is 12.6. The first-order valence-corrected chi connectivity index (χ1v) is 19.9. The van der Waals surface area contributed by atoms with Gasteiger partial charge in [0.25, 0.3) is 0 Å². The molecule has 4 heterocycles. The van der Waals surface area contributed by atoms with E-state index in [1.807, 2.05) is 36.4 Å². The number of anilines is 1. The molecule has 4 aromatic heterocycles. The molecule has 4 aromatic carbocycles. The van der Waals surface area contributed by atoms with Crippen LogP contribution in [0.25, 0.3) is 44.3 Å². The average molecular weight is 856 g/mol. The van der Waals surface area contributed by atoms with Crippen molar-refractivity contribution in [3.63, 3.8) is 0 Å². The molecule has 61 heavy (non-hydrogen) atoms. The molecular formula is C44H32F6N5O5P. The number of hydrogen-bond acceptors (Lipinski definition) is 9. The van der Waals surface area contributed by atoms with Gasteiger partial charge in [0.1, 0.15) is 11.5 Å². The monoisotopic (exact) mass is 855 g/mol. The number of carboxylic acids is 1. The Labute approximate surface area is 343 Å². The standard InChI is InChI=1S/C16H9F3N2O2.C15H10F3N3.C13H13O3P/c17-16(18,19)10-3-1-9(2-4-10)14-7-11(15(22)23)12-8-20-6-5-13(12)21-14;16-15(17,18)10-3-1-9(2-4-10)14-7-12(19)11-8-20-6-5-13(11)21-14;1-17(14,15-12-8-4-2-5-9-12)16-13-10-6-3-7-11-13/h1-8H,(H,22,23);1-8H,(H2,19,21);2-11H,1H3. The number of rotatable bonds is 7. The number of alkyl halides is 6. The Hall–Kier alpha value is -7.32. The molecule has 8 aromatic rings. The van der Waals surface area contributed by atoms with Gasteiger partial charge in [-0.25, -0.2) is 19.3 Å². The van der Waals surface area contributed by atoms with E-state index in [9.17, 15) is 40.8 Å². The zero-order valence-corrected chi connectivity index (χ0v) is 32.6. The Kier molecular flexibility index (Phi) is 13.0. The smallest absolute Gasteiger partial charge is 0.427 e. The first-order valence-electron chi connectivity index (χ1n) is 17.9.